The van der Waals surface area contributed by atoms with Crippen LogP contribution in [0, 0.1) is 0 Å². The van der Waals surface area contributed by atoms with Gasteiger partial charge in [0.2, 0.25) is 11.8 Å². The first-order valence-corrected chi connectivity index (χ1v) is 10.2. The van der Waals surface area contributed by atoms with Crippen molar-refractivity contribution in [3.8, 4) is 5.69 Å². The lowest BCUT2D eigenvalue weighted by atomic mass is 10.2. The van der Waals surface area contributed by atoms with E-state index >= 15 is 0 Å². The Hall–Kier alpha value is -3.00. The number of benzene rings is 1. The molecule has 1 N–H and O–H groups in total. The zero-order valence-corrected chi connectivity index (χ0v) is 16.2. The van der Waals surface area contributed by atoms with Crippen molar-refractivity contribution in [3.63, 3.8) is 0 Å². The Morgan fingerprint density at radius 2 is 2.11 bits per heavy atom. The van der Waals surface area contributed by atoms with Crippen LogP contribution in [0.25, 0.3) is 5.69 Å². The van der Waals surface area contributed by atoms with Crippen molar-refractivity contribution < 1.29 is 9.59 Å². The lowest BCUT2D eigenvalue weighted by Crippen LogP contribution is -2.27. The molecule has 4 rings (SSSR count). The van der Waals surface area contributed by atoms with Crippen LogP contribution >= 0.6 is 11.3 Å². The molecule has 28 heavy (non-hydrogen) atoms. The minimum atomic E-state index is -0.0694. The van der Waals surface area contributed by atoms with Crippen LogP contribution in [0.4, 0.5) is 5.13 Å². The van der Waals surface area contributed by atoms with Gasteiger partial charge in [-0.3, -0.25) is 14.5 Å². The van der Waals surface area contributed by atoms with E-state index in [4.69, 9.17) is 0 Å². The van der Waals surface area contributed by atoms with Crippen molar-refractivity contribution >= 4 is 28.3 Å². The largest absolute Gasteiger partial charge is 0.355 e. The molecule has 0 bridgehead atoms. The zero-order chi connectivity index (χ0) is 19.3. The Labute approximate surface area is 167 Å². The SMILES string of the molecule is O=C(Cc1csc(N2CCCC2=O)n1)NCCc1cnn(-c2ccccc2)c1. The molecule has 144 valence electrons. The Bertz CT molecular complexity index is 966. The normalized spacial score (nSPS) is 13.9. The van der Waals surface area contributed by atoms with Crippen LogP contribution in [0.15, 0.2) is 48.1 Å². The van der Waals surface area contributed by atoms with E-state index in [0.717, 1.165) is 17.7 Å². The maximum absolute atomic E-state index is 12.2. The van der Waals surface area contributed by atoms with Gasteiger partial charge in [0.1, 0.15) is 0 Å². The monoisotopic (exact) mass is 395 g/mol. The summed E-state index contributed by atoms with van der Waals surface area (Å²) in [4.78, 5) is 30.1. The summed E-state index contributed by atoms with van der Waals surface area (Å²) in [6.07, 6.45) is 6.18. The summed E-state index contributed by atoms with van der Waals surface area (Å²) in [5.74, 6) is 0.0430. The second-order valence-corrected chi connectivity index (χ2v) is 7.51. The lowest BCUT2D eigenvalue weighted by molar-refractivity contribution is -0.120. The highest BCUT2D eigenvalue weighted by molar-refractivity contribution is 7.14. The third kappa shape index (κ3) is 4.28. The van der Waals surface area contributed by atoms with Crippen molar-refractivity contribution in [2.75, 3.05) is 18.0 Å². The van der Waals surface area contributed by atoms with Crippen LogP contribution in [-0.4, -0.2) is 39.7 Å². The average molecular weight is 395 g/mol. The van der Waals surface area contributed by atoms with E-state index in [2.05, 4.69) is 15.4 Å². The predicted octanol–water partition coefficient (Wildman–Crippen LogP) is 2.36. The van der Waals surface area contributed by atoms with E-state index in [1.165, 1.54) is 11.3 Å². The van der Waals surface area contributed by atoms with Crippen molar-refractivity contribution in [3.05, 3.63) is 59.4 Å². The van der Waals surface area contributed by atoms with Gasteiger partial charge < -0.3 is 5.32 Å². The molecule has 8 heteroatoms. The van der Waals surface area contributed by atoms with Crippen LogP contribution in [0.5, 0.6) is 0 Å². The molecule has 1 aliphatic rings. The summed E-state index contributed by atoms with van der Waals surface area (Å²) in [6, 6.07) is 9.91. The summed E-state index contributed by atoms with van der Waals surface area (Å²) >= 11 is 1.42. The average Bonchev–Trinajstić information content (AvgIpc) is 3.44. The zero-order valence-electron chi connectivity index (χ0n) is 15.4. The summed E-state index contributed by atoms with van der Waals surface area (Å²) in [6.45, 7) is 1.26. The molecule has 0 spiro atoms. The molecule has 0 atom stereocenters. The highest BCUT2D eigenvalue weighted by Gasteiger charge is 2.24. The molecule has 2 aromatic heterocycles. The number of nitrogens with one attached hydrogen (secondary N) is 1. The van der Waals surface area contributed by atoms with Crippen molar-refractivity contribution in [1.29, 1.82) is 0 Å². The molecule has 2 amide bonds. The highest BCUT2D eigenvalue weighted by atomic mass is 32.1. The number of carbonyl (C=O) groups is 2. The Balaban J connectivity index is 1.25. The molecule has 1 saturated heterocycles. The number of amides is 2. The minimum absolute atomic E-state index is 0.0694. The van der Waals surface area contributed by atoms with Crippen molar-refractivity contribution in [2.24, 2.45) is 0 Å². The van der Waals surface area contributed by atoms with E-state index in [-0.39, 0.29) is 18.2 Å². The molecule has 1 fully saturated rings. The lowest BCUT2D eigenvalue weighted by Gasteiger charge is -2.10. The number of hydrogen-bond donors (Lipinski definition) is 1. The highest BCUT2D eigenvalue weighted by Crippen LogP contribution is 2.25. The molecule has 0 unspecified atom stereocenters. The molecular formula is C20H21N5O2S. The quantitative estimate of drug-likeness (QED) is 0.666. The number of anilines is 1. The van der Waals surface area contributed by atoms with E-state index < -0.39 is 0 Å². The third-order valence-electron chi connectivity index (χ3n) is 4.58. The number of rotatable bonds is 7. The second-order valence-electron chi connectivity index (χ2n) is 6.68. The molecule has 3 heterocycles. The van der Waals surface area contributed by atoms with Gasteiger partial charge in [-0.1, -0.05) is 18.2 Å². The Morgan fingerprint density at radius 3 is 2.89 bits per heavy atom. The molecule has 3 aromatic rings. The minimum Gasteiger partial charge on any atom is -0.355 e. The maximum Gasteiger partial charge on any atom is 0.228 e. The van der Waals surface area contributed by atoms with Crippen molar-refractivity contribution in [2.45, 2.75) is 25.7 Å². The Morgan fingerprint density at radius 1 is 1.25 bits per heavy atom. The molecule has 0 aliphatic carbocycles. The van der Waals surface area contributed by atoms with Gasteiger partial charge in [0.15, 0.2) is 5.13 Å². The van der Waals surface area contributed by atoms with Gasteiger partial charge in [-0.05, 0) is 30.5 Å². The van der Waals surface area contributed by atoms with Gasteiger partial charge in [-0.25, -0.2) is 9.67 Å². The molecule has 1 aromatic carbocycles. The van der Waals surface area contributed by atoms with Crippen LogP contribution in [0.1, 0.15) is 24.1 Å². The Kier molecular flexibility index (Phi) is 5.48. The molecule has 7 nitrogen and oxygen atoms in total. The standard InChI is InChI=1S/C20H21N5O2S/c26-18(11-16-14-28-20(23-16)24-10-4-7-19(24)27)21-9-8-15-12-22-25(13-15)17-5-2-1-3-6-17/h1-3,5-6,12-14H,4,7-11H2,(H,21,26). The van der Waals surface area contributed by atoms with Crippen LogP contribution in [0.2, 0.25) is 0 Å². The predicted molar refractivity (Wildman–Crippen MR) is 108 cm³/mol. The molecule has 0 saturated carbocycles. The van der Waals surface area contributed by atoms with E-state index in [1.54, 1.807) is 4.90 Å². The fraction of sp³-hybridized carbons (Fsp3) is 0.300. The number of para-hydroxylation sites is 1. The van der Waals surface area contributed by atoms with Crippen LogP contribution in [-0.2, 0) is 22.4 Å². The van der Waals surface area contributed by atoms with Crippen LogP contribution < -0.4 is 10.2 Å². The number of carbonyl (C=O) groups excluding carboxylic acids is 2. The fourth-order valence-corrected chi connectivity index (χ4v) is 4.00. The first-order valence-electron chi connectivity index (χ1n) is 9.29. The third-order valence-corrected chi connectivity index (χ3v) is 5.49. The van der Waals surface area contributed by atoms with Gasteiger partial charge in [-0.15, -0.1) is 11.3 Å². The van der Waals surface area contributed by atoms with Gasteiger partial charge in [0.05, 0.1) is 24.0 Å². The summed E-state index contributed by atoms with van der Waals surface area (Å²) < 4.78 is 1.83. The number of thiazole rings is 1. The number of nitrogens with zero attached hydrogens (tertiary/aromatic N) is 4. The molecule has 0 radical (unpaired) electrons. The van der Waals surface area contributed by atoms with E-state index in [0.29, 0.717) is 36.8 Å². The smallest absolute Gasteiger partial charge is 0.228 e. The summed E-state index contributed by atoms with van der Waals surface area (Å²) in [5.41, 5.74) is 2.77. The summed E-state index contributed by atoms with van der Waals surface area (Å²) in [5, 5.41) is 9.83. The fourth-order valence-electron chi connectivity index (χ4n) is 3.14. The number of aromatic nitrogens is 3. The van der Waals surface area contributed by atoms with Crippen molar-refractivity contribution in [1.82, 2.24) is 20.1 Å². The van der Waals surface area contributed by atoms with Gasteiger partial charge in [-0.2, -0.15) is 5.10 Å². The van der Waals surface area contributed by atoms with Gasteiger partial charge >= 0.3 is 0 Å². The van der Waals surface area contributed by atoms with E-state index in [1.807, 2.05) is 52.8 Å². The maximum atomic E-state index is 12.2. The first-order chi connectivity index (χ1) is 13.7. The number of hydrogen-bond acceptors (Lipinski definition) is 5. The second kappa shape index (κ2) is 8.35. The van der Waals surface area contributed by atoms with E-state index in [9.17, 15) is 9.59 Å². The first kappa shape index (κ1) is 18.4. The molecular weight excluding hydrogens is 374 g/mol. The van der Waals surface area contributed by atoms with Crippen LogP contribution in [0.3, 0.4) is 0 Å². The molecule has 1 aliphatic heterocycles. The summed E-state index contributed by atoms with van der Waals surface area (Å²) in [7, 11) is 0. The van der Waals surface area contributed by atoms with Gasteiger partial charge in [0.25, 0.3) is 0 Å². The van der Waals surface area contributed by atoms with Gasteiger partial charge in [0, 0.05) is 31.1 Å². The topological polar surface area (TPSA) is 80.1 Å².